The molecule has 1 unspecified atom stereocenters. The minimum Gasteiger partial charge on any atom is -0.380 e. The van der Waals surface area contributed by atoms with E-state index in [0.717, 1.165) is 6.54 Å². The van der Waals surface area contributed by atoms with E-state index in [1.54, 1.807) is 7.11 Å². The number of ether oxygens (including phenoxy) is 1. The first-order valence-electron chi connectivity index (χ1n) is 6.65. The molecule has 2 aromatic carbocycles. The highest BCUT2D eigenvalue weighted by molar-refractivity contribution is 5.27. The Bertz CT molecular complexity index is 496. The number of rotatable bonds is 6. The summed E-state index contributed by atoms with van der Waals surface area (Å²) < 4.78 is 5.23. The van der Waals surface area contributed by atoms with Gasteiger partial charge in [-0.25, -0.2) is 0 Å². The normalized spacial score (nSPS) is 12.3. The van der Waals surface area contributed by atoms with Crippen molar-refractivity contribution in [1.29, 1.82) is 0 Å². The number of methoxy groups -OCH3 is 1. The van der Waals surface area contributed by atoms with Gasteiger partial charge in [0.05, 0.1) is 6.61 Å². The molecule has 0 aliphatic heterocycles. The number of hydrogen-bond donors (Lipinski definition) is 1. The predicted molar refractivity (Wildman–Crippen MR) is 78.9 cm³/mol. The van der Waals surface area contributed by atoms with Crippen LogP contribution in [0.25, 0.3) is 0 Å². The van der Waals surface area contributed by atoms with Crippen LogP contribution in [0.3, 0.4) is 0 Å². The van der Waals surface area contributed by atoms with Crippen molar-refractivity contribution in [3.05, 3.63) is 71.3 Å². The molecule has 19 heavy (non-hydrogen) atoms. The van der Waals surface area contributed by atoms with E-state index in [0.29, 0.717) is 12.6 Å². The van der Waals surface area contributed by atoms with Gasteiger partial charge < -0.3 is 10.1 Å². The van der Waals surface area contributed by atoms with Gasteiger partial charge in [0.15, 0.2) is 0 Å². The monoisotopic (exact) mass is 255 g/mol. The van der Waals surface area contributed by atoms with Crippen LogP contribution in [0.4, 0.5) is 0 Å². The lowest BCUT2D eigenvalue weighted by atomic mass is 10.1. The highest BCUT2D eigenvalue weighted by atomic mass is 16.5. The molecule has 0 bridgehead atoms. The second-order valence-corrected chi connectivity index (χ2v) is 4.71. The van der Waals surface area contributed by atoms with Crippen molar-refractivity contribution in [3.63, 3.8) is 0 Å². The predicted octanol–water partition coefficient (Wildman–Crippen LogP) is 3.68. The fourth-order valence-corrected chi connectivity index (χ4v) is 2.15. The van der Waals surface area contributed by atoms with Crippen molar-refractivity contribution < 1.29 is 4.74 Å². The van der Waals surface area contributed by atoms with Crippen molar-refractivity contribution in [3.8, 4) is 0 Å². The van der Waals surface area contributed by atoms with Gasteiger partial charge in [0, 0.05) is 19.7 Å². The van der Waals surface area contributed by atoms with Gasteiger partial charge in [-0.15, -0.1) is 0 Å². The van der Waals surface area contributed by atoms with Gasteiger partial charge in [-0.1, -0.05) is 54.6 Å². The molecule has 100 valence electrons. The van der Waals surface area contributed by atoms with Crippen LogP contribution in [0, 0.1) is 0 Å². The van der Waals surface area contributed by atoms with Crippen LogP contribution < -0.4 is 5.32 Å². The maximum absolute atomic E-state index is 5.23. The van der Waals surface area contributed by atoms with Crippen LogP contribution in [0.2, 0.25) is 0 Å². The molecule has 0 aliphatic carbocycles. The summed E-state index contributed by atoms with van der Waals surface area (Å²) in [4.78, 5) is 0. The maximum atomic E-state index is 5.23. The van der Waals surface area contributed by atoms with Crippen LogP contribution in [0.15, 0.2) is 54.6 Å². The summed E-state index contributed by atoms with van der Waals surface area (Å²) in [6, 6.07) is 19.2. The summed E-state index contributed by atoms with van der Waals surface area (Å²) in [6.45, 7) is 3.71. The summed E-state index contributed by atoms with van der Waals surface area (Å²) in [5, 5.41) is 3.56. The van der Waals surface area contributed by atoms with Crippen molar-refractivity contribution in [1.82, 2.24) is 5.32 Å². The second kappa shape index (κ2) is 7.07. The smallest absolute Gasteiger partial charge is 0.0716 e. The largest absolute Gasteiger partial charge is 0.380 e. The Hall–Kier alpha value is -1.64. The Labute approximate surface area is 115 Å². The van der Waals surface area contributed by atoms with E-state index < -0.39 is 0 Å². The van der Waals surface area contributed by atoms with Gasteiger partial charge in [0.25, 0.3) is 0 Å². The molecule has 2 rings (SSSR count). The molecule has 0 fully saturated rings. The summed E-state index contributed by atoms with van der Waals surface area (Å²) in [5.74, 6) is 0. The van der Waals surface area contributed by atoms with Crippen LogP contribution >= 0.6 is 0 Å². The number of nitrogens with one attached hydrogen (secondary N) is 1. The minimum atomic E-state index is 0.344. The minimum absolute atomic E-state index is 0.344. The van der Waals surface area contributed by atoms with Gasteiger partial charge in [-0.3, -0.25) is 0 Å². The zero-order valence-corrected chi connectivity index (χ0v) is 11.6. The SMILES string of the molecule is COCc1ccccc1CNC(C)c1ccccc1. The lowest BCUT2D eigenvalue weighted by Gasteiger charge is -2.16. The molecule has 2 aromatic rings. The Morgan fingerprint density at radius 1 is 0.947 bits per heavy atom. The highest BCUT2D eigenvalue weighted by Crippen LogP contribution is 2.14. The number of benzene rings is 2. The summed E-state index contributed by atoms with van der Waals surface area (Å²) in [6.07, 6.45) is 0. The Kier molecular flexibility index (Phi) is 5.13. The molecule has 0 spiro atoms. The molecule has 1 atom stereocenters. The molecule has 2 heteroatoms. The topological polar surface area (TPSA) is 21.3 Å². The van der Waals surface area contributed by atoms with Gasteiger partial charge in [-0.05, 0) is 23.6 Å². The zero-order chi connectivity index (χ0) is 13.5. The van der Waals surface area contributed by atoms with E-state index in [2.05, 4.69) is 60.8 Å². The number of hydrogen-bond acceptors (Lipinski definition) is 2. The molecule has 0 aliphatic rings. The quantitative estimate of drug-likeness (QED) is 0.850. The first-order chi connectivity index (χ1) is 9.31. The Morgan fingerprint density at radius 2 is 1.58 bits per heavy atom. The third-order valence-corrected chi connectivity index (χ3v) is 3.32. The van der Waals surface area contributed by atoms with Crippen molar-refractivity contribution in [2.45, 2.75) is 26.1 Å². The van der Waals surface area contributed by atoms with E-state index in [9.17, 15) is 0 Å². The molecule has 2 nitrogen and oxygen atoms in total. The lowest BCUT2D eigenvalue weighted by Crippen LogP contribution is -2.19. The van der Waals surface area contributed by atoms with E-state index in [1.807, 2.05) is 6.07 Å². The van der Waals surface area contributed by atoms with Gasteiger partial charge in [-0.2, -0.15) is 0 Å². The summed E-state index contributed by atoms with van der Waals surface area (Å²) in [7, 11) is 1.73. The molecule has 0 saturated carbocycles. The van der Waals surface area contributed by atoms with Gasteiger partial charge in [0.1, 0.15) is 0 Å². The molecule has 0 heterocycles. The summed E-state index contributed by atoms with van der Waals surface area (Å²) >= 11 is 0. The molecule has 0 saturated heterocycles. The third kappa shape index (κ3) is 3.91. The Morgan fingerprint density at radius 3 is 2.26 bits per heavy atom. The lowest BCUT2D eigenvalue weighted by molar-refractivity contribution is 0.184. The van der Waals surface area contributed by atoms with Crippen LogP contribution in [0.5, 0.6) is 0 Å². The Balaban J connectivity index is 1.99. The van der Waals surface area contributed by atoms with Gasteiger partial charge >= 0.3 is 0 Å². The zero-order valence-electron chi connectivity index (χ0n) is 11.6. The second-order valence-electron chi connectivity index (χ2n) is 4.71. The van der Waals surface area contributed by atoms with Crippen molar-refractivity contribution in [2.24, 2.45) is 0 Å². The fourth-order valence-electron chi connectivity index (χ4n) is 2.15. The molecule has 1 N–H and O–H groups in total. The average Bonchev–Trinajstić information content (AvgIpc) is 2.47. The third-order valence-electron chi connectivity index (χ3n) is 3.32. The van der Waals surface area contributed by atoms with Crippen molar-refractivity contribution >= 4 is 0 Å². The maximum Gasteiger partial charge on any atom is 0.0716 e. The standard InChI is InChI=1S/C17H21NO/c1-14(15-8-4-3-5-9-15)18-12-16-10-6-7-11-17(16)13-19-2/h3-11,14,18H,12-13H2,1-2H3. The van der Waals surface area contributed by atoms with Gasteiger partial charge in [0.2, 0.25) is 0 Å². The first-order valence-corrected chi connectivity index (χ1v) is 6.65. The van der Waals surface area contributed by atoms with Crippen molar-refractivity contribution in [2.75, 3.05) is 7.11 Å². The van der Waals surface area contributed by atoms with E-state index in [-0.39, 0.29) is 0 Å². The van der Waals surface area contributed by atoms with E-state index in [1.165, 1.54) is 16.7 Å². The van der Waals surface area contributed by atoms with E-state index >= 15 is 0 Å². The first kappa shape index (κ1) is 13.8. The van der Waals surface area contributed by atoms with Crippen LogP contribution in [-0.2, 0) is 17.9 Å². The molecule has 0 radical (unpaired) electrons. The molecule has 0 aromatic heterocycles. The fraction of sp³-hybridized carbons (Fsp3) is 0.294. The van der Waals surface area contributed by atoms with E-state index in [4.69, 9.17) is 4.74 Å². The molecule has 0 amide bonds. The van der Waals surface area contributed by atoms with Crippen LogP contribution in [-0.4, -0.2) is 7.11 Å². The molecular weight excluding hydrogens is 234 g/mol. The van der Waals surface area contributed by atoms with Crippen LogP contribution in [0.1, 0.15) is 29.7 Å². The molecular formula is C17H21NO. The average molecular weight is 255 g/mol. The summed E-state index contributed by atoms with van der Waals surface area (Å²) in [5.41, 5.74) is 3.86. The highest BCUT2D eigenvalue weighted by Gasteiger charge is 2.06.